The van der Waals surface area contributed by atoms with E-state index in [4.69, 9.17) is 10.7 Å². The summed E-state index contributed by atoms with van der Waals surface area (Å²) < 4.78 is 68.7. The minimum Gasteiger partial charge on any atom is -0.258 e. The van der Waals surface area contributed by atoms with E-state index >= 15 is 0 Å². The molecule has 11 nitrogen and oxygen atoms in total. The summed E-state index contributed by atoms with van der Waals surface area (Å²) in [6, 6.07) is 4.22. The maximum Gasteiger partial charge on any atom is 0.272 e. The van der Waals surface area contributed by atoms with Gasteiger partial charge in [0.2, 0.25) is 10.0 Å². The summed E-state index contributed by atoms with van der Waals surface area (Å²) in [4.78, 5) is 17.1. The van der Waals surface area contributed by atoms with Gasteiger partial charge in [-0.2, -0.15) is 0 Å². The third kappa shape index (κ3) is 6.15. The van der Waals surface area contributed by atoms with Gasteiger partial charge in [-0.25, -0.2) is 30.8 Å². The predicted octanol–water partition coefficient (Wildman–Crippen LogP) is 2.04. The highest BCUT2D eigenvalue weighted by Crippen LogP contribution is 2.23. The molecule has 2 aromatic carbocycles. The Bertz CT molecular complexity index is 1060. The van der Waals surface area contributed by atoms with Gasteiger partial charge in [-0.05, 0) is 12.1 Å². The average Bonchev–Trinajstić information content (AvgIpc) is 2.52. The lowest BCUT2D eigenvalue weighted by Crippen LogP contribution is -2.14. The Morgan fingerprint density at radius 3 is 1.43 bits per heavy atom. The first-order valence-electron chi connectivity index (χ1n) is 6.50. The number of non-ortho nitro benzene ring substituents is 2. The first kappa shape index (κ1) is 23.3. The van der Waals surface area contributed by atoms with Crippen LogP contribution in [-0.4, -0.2) is 26.7 Å². The van der Waals surface area contributed by atoms with Crippen LogP contribution in [-0.2, 0) is 19.1 Å². The molecule has 16 heteroatoms. The standard InChI is InChI=1S/C6H3ClFNO4S.C6H5FN2O4S/c7-14(12,13)6-2-1-4(9(10)11)3-5(6)8;7-5-3-4(9(10)11)1-2-6(5)14(8,12)13/h1-3H;1-3H,(H2,8,12,13). The van der Waals surface area contributed by atoms with Crippen LogP contribution in [0.2, 0.25) is 0 Å². The summed E-state index contributed by atoms with van der Waals surface area (Å²) in [5, 5.41) is 25.0. The van der Waals surface area contributed by atoms with Crippen molar-refractivity contribution in [1.29, 1.82) is 0 Å². The maximum absolute atomic E-state index is 12.9. The fraction of sp³-hybridized carbons (Fsp3) is 0. The molecule has 0 aliphatic carbocycles. The minimum absolute atomic E-state index is 0.495. The Morgan fingerprint density at radius 2 is 1.18 bits per heavy atom. The van der Waals surface area contributed by atoms with E-state index in [0.29, 0.717) is 12.1 Å². The molecule has 0 aliphatic heterocycles. The fourth-order valence-corrected chi connectivity index (χ4v) is 3.12. The average molecular weight is 460 g/mol. The van der Waals surface area contributed by atoms with E-state index < -0.39 is 61.7 Å². The normalized spacial score (nSPS) is 11.3. The van der Waals surface area contributed by atoms with Crippen LogP contribution in [0.3, 0.4) is 0 Å². The highest BCUT2D eigenvalue weighted by atomic mass is 35.7. The molecule has 0 heterocycles. The Balaban J connectivity index is 0.000000280. The van der Waals surface area contributed by atoms with Crippen molar-refractivity contribution in [1.82, 2.24) is 0 Å². The predicted molar refractivity (Wildman–Crippen MR) is 90.5 cm³/mol. The highest BCUT2D eigenvalue weighted by molar-refractivity contribution is 8.13. The number of halogens is 3. The molecule has 0 radical (unpaired) electrons. The van der Waals surface area contributed by atoms with Gasteiger partial charge in [-0.1, -0.05) is 0 Å². The molecular formula is C12H8ClF2N3O8S2. The number of nitrogens with zero attached hydrogens (tertiary/aromatic N) is 2. The molecule has 28 heavy (non-hydrogen) atoms. The Kier molecular flexibility index (Phi) is 7.08. The number of nitro benzene ring substituents is 2. The number of hydrogen-bond acceptors (Lipinski definition) is 8. The summed E-state index contributed by atoms with van der Waals surface area (Å²) in [5.74, 6) is -2.48. The van der Waals surface area contributed by atoms with Crippen molar-refractivity contribution in [3.05, 3.63) is 68.3 Å². The molecule has 0 bridgehead atoms. The maximum atomic E-state index is 12.9. The van der Waals surface area contributed by atoms with Crippen LogP contribution in [0.15, 0.2) is 46.2 Å². The molecule has 0 saturated carbocycles. The van der Waals surface area contributed by atoms with Crippen molar-refractivity contribution >= 4 is 41.1 Å². The topological polar surface area (TPSA) is 181 Å². The lowest BCUT2D eigenvalue weighted by Gasteiger charge is -1.98. The second kappa shape index (κ2) is 8.51. The van der Waals surface area contributed by atoms with E-state index in [2.05, 4.69) is 5.14 Å². The van der Waals surface area contributed by atoms with Crippen molar-refractivity contribution in [2.75, 3.05) is 0 Å². The molecule has 2 aromatic rings. The van der Waals surface area contributed by atoms with Crippen molar-refractivity contribution in [2.45, 2.75) is 9.79 Å². The minimum atomic E-state index is -4.20. The van der Waals surface area contributed by atoms with Crippen LogP contribution in [0.25, 0.3) is 0 Å². The molecule has 0 amide bonds. The third-order valence-corrected chi connectivity index (χ3v) is 5.12. The quantitative estimate of drug-likeness (QED) is 0.409. The molecular weight excluding hydrogens is 452 g/mol. The van der Waals surface area contributed by atoms with Crippen LogP contribution in [0, 0.1) is 31.9 Å². The number of benzene rings is 2. The first-order valence-corrected chi connectivity index (χ1v) is 10.4. The second-order valence-corrected chi connectivity index (χ2v) is 8.79. The first-order chi connectivity index (χ1) is 12.6. The smallest absolute Gasteiger partial charge is 0.258 e. The molecule has 0 atom stereocenters. The zero-order valence-corrected chi connectivity index (χ0v) is 15.5. The molecule has 0 unspecified atom stereocenters. The number of nitrogens with two attached hydrogens (primary N) is 1. The SMILES string of the molecule is NS(=O)(=O)c1ccc([N+](=O)[O-])cc1F.O=[N+]([O-])c1ccc(S(=O)(=O)Cl)c(F)c1. The van der Waals surface area contributed by atoms with Gasteiger partial charge in [0.05, 0.1) is 22.0 Å². The Hall–Kier alpha value is -2.75. The van der Waals surface area contributed by atoms with Crippen molar-refractivity contribution in [3.8, 4) is 0 Å². The zero-order valence-electron chi connectivity index (χ0n) is 13.2. The van der Waals surface area contributed by atoms with E-state index in [1.807, 2.05) is 0 Å². The number of sulfonamides is 1. The lowest BCUT2D eigenvalue weighted by molar-refractivity contribution is -0.385. The number of primary sulfonamides is 1. The molecule has 2 rings (SSSR count). The van der Waals surface area contributed by atoms with Crippen LogP contribution < -0.4 is 5.14 Å². The van der Waals surface area contributed by atoms with Gasteiger partial charge < -0.3 is 0 Å². The Morgan fingerprint density at radius 1 is 0.821 bits per heavy atom. The van der Waals surface area contributed by atoms with Gasteiger partial charge >= 0.3 is 0 Å². The summed E-state index contributed by atoms with van der Waals surface area (Å²) in [6.07, 6.45) is 0. The van der Waals surface area contributed by atoms with Gasteiger partial charge in [-0.3, -0.25) is 20.2 Å². The van der Waals surface area contributed by atoms with Gasteiger partial charge in [0, 0.05) is 22.8 Å². The van der Waals surface area contributed by atoms with Gasteiger partial charge in [-0.15, -0.1) is 0 Å². The second-order valence-electron chi connectivity index (χ2n) is 4.73. The van der Waals surface area contributed by atoms with Gasteiger partial charge in [0.1, 0.15) is 21.4 Å². The van der Waals surface area contributed by atoms with Gasteiger partial charge in [0.15, 0.2) is 0 Å². The molecule has 2 N–H and O–H groups in total. The lowest BCUT2D eigenvalue weighted by atomic mass is 10.3. The van der Waals surface area contributed by atoms with Crippen LogP contribution >= 0.6 is 10.7 Å². The summed E-state index contributed by atoms with van der Waals surface area (Å²) in [5.41, 5.74) is -1.07. The van der Waals surface area contributed by atoms with E-state index in [0.717, 1.165) is 24.3 Å². The van der Waals surface area contributed by atoms with E-state index in [-0.39, 0.29) is 0 Å². The molecule has 152 valence electrons. The van der Waals surface area contributed by atoms with Crippen molar-refractivity contribution < 1.29 is 35.5 Å². The zero-order chi connectivity index (χ0) is 21.9. The molecule has 0 aliphatic rings. The molecule has 0 saturated heterocycles. The Labute approximate surface area is 160 Å². The molecule has 0 aromatic heterocycles. The molecule has 0 fully saturated rings. The van der Waals surface area contributed by atoms with Crippen molar-refractivity contribution in [2.24, 2.45) is 5.14 Å². The summed E-state index contributed by atoms with van der Waals surface area (Å²) in [7, 11) is -3.52. The monoisotopic (exact) mass is 459 g/mol. The fourth-order valence-electron chi connectivity index (χ4n) is 1.64. The number of hydrogen-bond donors (Lipinski definition) is 1. The van der Waals surface area contributed by atoms with Crippen LogP contribution in [0.1, 0.15) is 0 Å². The number of nitro groups is 2. The van der Waals surface area contributed by atoms with Crippen LogP contribution in [0.5, 0.6) is 0 Å². The van der Waals surface area contributed by atoms with E-state index in [9.17, 15) is 45.8 Å². The number of rotatable bonds is 4. The van der Waals surface area contributed by atoms with Crippen molar-refractivity contribution in [3.63, 3.8) is 0 Å². The largest absolute Gasteiger partial charge is 0.272 e. The highest BCUT2D eigenvalue weighted by Gasteiger charge is 2.19. The summed E-state index contributed by atoms with van der Waals surface area (Å²) in [6.45, 7) is 0. The molecule has 0 spiro atoms. The third-order valence-electron chi connectivity index (χ3n) is 2.82. The van der Waals surface area contributed by atoms with E-state index in [1.54, 1.807) is 0 Å². The summed E-state index contributed by atoms with van der Waals surface area (Å²) >= 11 is 0. The van der Waals surface area contributed by atoms with E-state index in [1.165, 1.54) is 0 Å². The van der Waals surface area contributed by atoms with Gasteiger partial charge in [0.25, 0.3) is 20.4 Å². The van der Waals surface area contributed by atoms with Crippen LogP contribution in [0.4, 0.5) is 20.2 Å².